The third kappa shape index (κ3) is 5.65. The lowest BCUT2D eigenvalue weighted by molar-refractivity contribution is 0.0996. The summed E-state index contributed by atoms with van der Waals surface area (Å²) in [5.74, 6) is -0.0687. The highest BCUT2D eigenvalue weighted by molar-refractivity contribution is 7.18. The molecule has 4 nitrogen and oxygen atoms in total. The summed E-state index contributed by atoms with van der Waals surface area (Å²) in [7, 11) is 2.08. The number of hydrogen-bond acceptors (Lipinski definition) is 3. The highest BCUT2D eigenvalue weighted by atomic mass is 31.0. The molecule has 0 radical (unpaired) electrons. The van der Waals surface area contributed by atoms with Gasteiger partial charge in [-0.2, -0.15) is 0 Å². The van der Waals surface area contributed by atoms with E-state index >= 15 is 0 Å². The Bertz CT molecular complexity index is 1090. The molecule has 1 heterocycles. The van der Waals surface area contributed by atoms with Crippen molar-refractivity contribution in [2.75, 3.05) is 0 Å². The van der Waals surface area contributed by atoms with E-state index in [1.807, 2.05) is 12.1 Å². The summed E-state index contributed by atoms with van der Waals surface area (Å²) >= 11 is 0. The molecule has 0 aliphatic carbocycles. The lowest BCUT2D eigenvalue weighted by Gasteiger charge is -2.19. The van der Waals surface area contributed by atoms with Crippen LogP contribution in [-0.2, 0) is 17.7 Å². The van der Waals surface area contributed by atoms with Crippen molar-refractivity contribution in [2.24, 2.45) is 5.73 Å². The molecule has 0 spiro atoms. The number of carbonyl (C=O) groups is 1. The number of halogens is 2. The van der Waals surface area contributed by atoms with E-state index in [-0.39, 0.29) is 17.7 Å². The van der Waals surface area contributed by atoms with Crippen molar-refractivity contribution in [3.63, 3.8) is 0 Å². The van der Waals surface area contributed by atoms with Crippen molar-refractivity contribution in [2.45, 2.75) is 38.5 Å². The number of pyridine rings is 1. The summed E-state index contributed by atoms with van der Waals surface area (Å²) in [6.07, 6.45) is 1.64. The van der Waals surface area contributed by atoms with E-state index < -0.39 is 17.0 Å². The number of carbonyl (C=O) groups excluding carboxylic acids is 1. The molecule has 0 aliphatic rings. The predicted molar refractivity (Wildman–Crippen MR) is 121 cm³/mol. The van der Waals surface area contributed by atoms with Crippen LogP contribution < -0.4 is 10.5 Å². The highest BCUT2D eigenvalue weighted by Crippen LogP contribution is 2.37. The Hall–Kier alpha value is -2.85. The zero-order valence-corrected chi connectivity index (χ0v) is 18.8. The first kappa shape index (κ1) is 22.8. The van der Waals surface area contributed by atoms with E-state index in [1.54, 1.807) is 42.6 Å². The number of amides is 1. The molecule has 0 saturated carbocycles. The average Bonchev–Trinajstić information content (AvgIpc) is 2.71. The first-order valence-corrected chi connectivity index (χ1v) is 10.3. The molecular weight excluding hydrogens is 417 g/mol. The molecule has 0 fully saturated rings. The first-order chi connectivity index (χ1) is 14.4. The molecule has 2 atom stereocenters. The summed E-state index contributed by atoms with van der Waals surface area (Å²) < 4.78 is 34.4. The van der Waals surface area contributed by atoms with Gasteiger partial charge in [0.15, 0.2) is 0 Å². The molecule has 1 amide bonds. The van der Waals surface area contributed by atoms with Crippen molar-refractivity contribution >= 4 is 15.1 Å². The van der Waals surface area contributed by atoms with Gasteiger partial charge in [0.1, 0.15) is 23.4 Å². The smallest absolute Gasteiger partial charge is 0.249 e. The molecule has 7 heteroatoms. The summed E-state index contributed by atoms with van der Waals surface area (Å²) in [5, 5.41) is -1.82. The van der Waals surface area contributed by atoms with Crippen LogP contribution in [0.4, 0.5) is 8.78 Å². The van der Waals surface area contributed by atoms with Gasteiger partial charge in [0.25, 0.3) is 0 Å². The zero-order chi connectivity index (χ0) is 22.8. The maximum absolute atomic E-state index is 14.6. The fraction of sp³-hybridized carbons (Fsp3) is 0.250. The van der Waals surface area contributed by atoms with Crippen molar-refractivity contribution in [3.05, 3.63) is 83.0 Å². The summed E-state index contributed by atoms with van der Waals surface area (Å²) in [5.41, 5.74) is 6.99. The monoisotopic (exact) mass is 442 g/mol. The normalized spacial score (nSPS) is 13.5. The van der Waals surface area contributed by atoms with Crippen molar-refractivity contribution in [1.82, 2.24) is 4.98 Å². The molecule has 2 unspecified atom stereocenters. The Morgan fingerprint density at radius 2 is 1.74 bits per heavy atom. The van der Waals surface area contributed by atoms with Gasteiger partial charge in [0.2, 0.25) is 5.91 Å². The largest absolute Gasteiger partial charge is 0.489 e. The quantitative estimate of drug-likeness (QED) is 0.481. The van der Waals surface area contributed by atoms with Crippen LogP contribution in [0.15, 0.2) is 60.8 Å². The Kier molecular flexibility index (Phi) is 6.42. The molecule has 0 saturated heterocycles. The fourth-order valence-electron chi connectivity index (χ4n) is 3.16. The molecule has 3 rings (SSSR count). The lowest BCUT2D eigenvalue weighted by Crippen LogP contribution is -2.18. The first-order valence-electron chi connectivity index (χ1n) is 9.75. The second-order valence-electron chi connectivity index (χ2n) is 8.04. The fourth-order valence-corrected chi connectivity index (χ4v) is 3.40. The van der Waals surface area contributed by atoms with Gasteiger partial charge in [-0.25, -0.2) is 8.78 Å². The van der Waals surface area contributed by atoms with Gasteiger partial charge in [-0.1, -0.05) is 27.4 Å². The van der Waals surface area contributed by atoms with Crippen molar-refractivity contribution in [1.29, 1.82) is 0 Å². The second-order valence-corrected chi connectivity index (χ2v) is 9.12. The molecular formula is C24H25F2N2O2P. The van der Waals surface area contributed by atoms with Gasteiger partial charge in [-0.15, -0.1) is 0 Å². The second kappa shape index (κ2) is 8.72. The van der Waals surface area contributed by atoms with Crippen LogP contribution in [-0.4, -0.2) is 10.9 Å². The number of ether oxygens (including phenoxy) is 1. The number of alkyl halides is 2. The minimum absolute atomic E-state index is 0.128. The van der Waals surface area contributed by atoms with Crippen molar-refractivity contribution in [3.8, 4) is 17.0 Å². The van der Waals surface area contributed by atoms with Crippen LogP contribution >= 0.6 is 9.24 Å². The Labute approximate surface area is 183 Å². The summed E-state index contributed by atoms with van der Waals surface area (Å²) in [6.45, 7) is 4.64. The van der Waals surface area contributed by atoms with Crippen LogP contribution in [0.25, 0.3) is 11.3 Å². The van der Waals surface area contributed by atoms with Crippen LogP contribution in [0.5, 0.6) is 5.75 Å². The van der Waals surface area contributed by atoms with E-state index in [0.29, 0.717) is 22.6 Å². The third-order valence-electron chi connectivity index (χ3n) is 4.88. The zero-order valence-electron chi connectivity index (χ0n) is 17.7. The number of primary amides is 1. The lowest BCUT2D eigenvalue weighted by atomic mass is 9.98. The van der Waals surface area contributed by atoms with Crippen LogP contribution in [0, 0.1) is 0 Å². The van der Waals surface area contributed by atoms with Gasteiger partial charge in [-0.3, -0.25) is 9.78 Å². The third-order valence-corrected chi connectivity index (χ3v) is 5.19. The van der Waals surface area contributed by atoms with E-state index in [1.165, 1.54) is 26.8 Å². The Morgan fingerprint density at radius 1 is 1.06 bits per heavy atom. The van der Waals surface area contributed by atoms with Gasteiger partial charge in [-0.05, 0) is 68.3 Å². The number of hydrogen-bond donors (Lipinski definition) is 1. The molecule has 162 valence electrons. The van der Waals surface area contributed by atoms with Crippen LogP contribution in [0.2, 0.25) is 0 Å². The predicted octanol–water partition coefficient (Wildman–Crippen LogP) is 5.65. The van der Waals surface area contributed by atoms with Gasteiger partial charge < -0.3 is 10.5 Å². The molecule has 2 N–H and O–H groups in total. The number of nitrogens with two attached hydrogens (primary N) is 1. The SMILES string of the molecule is CC(C)(F)c1ccc(OCc2ccnc(-c3ccc(C(N)=O)c(C(C)(F)P)c3)c2)cc1. The molecule has 3 aromatic rings. The maximum Gasteiger partial charge on any atom is 0.249 e. The number of aromatic nitrogens is 1. The minimum atomic E-state index is -1.82. The molecule has 0 bridgehead atoms. The van der Waals surface area contributed by atoms with Gasteiger partial charge in [0.05, 0.1) is 5.69 Å². The van der Waals surface area contributed by atoms with Crippen LogP contribution in [0.1, 0.15) is 47.8 Å². The number of rotatable bonds is 7. The highest BCUT2D eigenvalue weighted by Gasteiger charge is 2.25. The average molecular weight is 442 g/mol. The molecule has 2 aromatic carbocycles. The van der Waals surface area contributed by atoms with Crippen LogP contribution in [0.3, 0.4) is 0 Å². The standard InChI is InChI=1S/C24H25F2N2O2P/c1-23(2,25)17-5-7-18(8-6-17)30-14-15-10-11-28-21(12-15)16-4-9-19(22(27)29)20(13-16)24(3,26)31/h4-13H,14,31H2,1-3H3,(H2,27,29). The number of nitrogens with zero attached hydrogens (tertiary/aromatic N) is 1. The number of benzene rings is 2. The van der Waals surface area contributed by atoms with E-state index in [2.05, 4.69) is 14.2 Å². The topological polar surface area (TPSA) is 65.2 Å². The van der Waals surface area contributed by atoms with E-state index in [0.717, 1.165) is 5.56 Å². The van der Waals surface area contributed by atoms with Gasteiger partial charge in [0, 0.05) is 22.9 Å². The van der Waals surface area contributed by atoms with E-state index in [4.69, 9.17) is 10.5 Å². The molecule has 31 heavy (non-hydrogen) atoms. The Balaban J connectivity index is 1.81. The Morgan fingerprint density at radius 3 is 2.32 bits per heavy atom. The van der Waals surface area contributed by atoms with Gasteiger partial charge >= 0.3 is 0 Å². The molecule has 0 aliphatic heterocycles. The van der Waals surface area contributed by atoms with E-state index in [9.17, 15) is 13.6 Å². The van der Waals surface area contributed by atoms with Crippen molar-refractivity contribution < 1.29 is 18.3 Å². The summed E-state index contributed by atoms with van der Waals surface area (Å²) in [6, 6.07) is 15.3. The maximum atomic E-state index is 14.6. The minimum Gasteiger partial charge on any atom is -0.489 e. The summed E-state index contributed by atoms with van der Waals surface area (Å²) in [4.78, 5) is 16.0. The molecule has 1 aromatic heterocycles.